The second-order valence-electron chi connectivity index (χ2n) is 7.76. The second-order valence-corrected chi connectivity index (χ2v) is 8.77. The molecule has 0 atom stereocenters. The molecule has 5 nitrogen and oxygen atoms in total. The third-order valence-corrected chi connectivity index (χ3v) is 5.96. The molecule has 0 aliphatic heterocycles. The van der Waals surface area contributed by atoms with E-state index in [0.717, 1.165) is 52.5 Å². The molecule has 3 aromatic rings. The highest BCUT2D eigenvalue weighted by molar-refractivity contribution is 7.22. The first kappa shape index (κ1) is 22.2. The second kappa shape index (κ2) is 10.5. The minimum Gasteiger partial charge on any atom is -0.494 e. The summed E-state index contributed by atoms with van der Waals surface area (Å²) in [6.07, 6.45) is 2.95. The summed E-state index contributed by atoms with van der Waals surface area (Å²) in [5, 5.41) is 0.750. The molecular weight excluding hydrogens is 394 g/mol. The number of carbonyl (C=O) groups is 1. The predicted octanol–water partition coefficient (Wildman–Crippen LogP) is 5.38. The van der Waals surface area contributed by atoms with Crippen LogP contribution in [-0.4, -0.2) is 49.6 Å². The summed E-state index contributed by atoms with van der Waals surface area (Å²) in [7, 11) is 4.09. The van der Waals surface area contributed by atoms with E-state index in [-0.39, 0.29) is 5.91 Å². The van der Waals surface area contributed by atoms with Gasteiger partial charge in [-0.15, -0.1) is 0 Å². The quantitative estimate of drug-likeness (QED) is 0.409. The minimum absolute atomic E-state index is 0.0357. The van der Waals surface area contributed by atoms with Crippen LogP contribution in [0.1, 0.15) is 42.1 Å². The Morgan fingerprint density at radius 1 is 1.10 bits per heavy atom. The lowest BCUT2D eigenvalue weighted by Crippen LogP contribution is -2.33. The number of ether oxygens (including phenoxy) is 1. The number of carbonyl (C=O) groups excluding carboxylic acids is 1. The molecule has 0 spiro atoms. The Kier molecular flexibility index (Phi) is 7.82. The van der Waals surface area contributed by atoms with E-state index in [2.05, 4.69) is 30.9 Å². The first-order valence-corrected chi connectivity index (χ1v) is 11.4. The van der Waals surface area contributed by atoms with Crippen molar-refractivity contribution >= 4 is 32.6 Å². The molecule has 0 bridgehead atoms. The number of unbranched alkanes of at least 4 members (excludes halogenated alkanes) is 1. The zero-order valence-corrected chi connectivity index (χ0v) is 19.2. The number of benzene rings is 2. The molecule has 0 N–H and O–H groups in total. The summed E-state index contributed by atoms with van der Waals surface area (Å²) in [5.41, 5.74) is 2.73. The van der Waals surface area contributed by atoms with Crippen molar-refractivity contribution in [2.24, 2.45) is 0 Å². The molecule has 0 radical (unpaired) electrons. The monoisotopic (exact) mass is 425 g/mol. The lowest BCUT2D eigenvalue weighted by Gasteiger charge is -2.21. The molecule has 160 valence electrons. The van der Waals surface area contributed by atoms with E-state index in [0.29, 0.717) is 18.7 Å². The minimum atomic E-state index is -0.0357. The van der Waals surface area contributed by atoms with Gasteiger partial charge in [-0.2, -0.15) is 0 Å². The lowest BCUT2D eigenvalue weighted by atomic mass is 10.2. The maximum absolute atomic E-state index is 13.5. The summed E-state index contributed by atoms with van der Waals surface area (Å²) >= 11 is 1.57. The number of amides is 1. The molecule has 1 amide bonds. The van der Waals surface area contributed by atoms with Gasteiger partial charge in [0.2, 0.25) is 0 Å². The van der Waals surface area contributed by atoms with Crippen LogP contribution in [0.5, 0.6) is 5.75 Å². The Bertz CT molecular complexity index is 983. The fourth-order valence-corrected chi connectivity index (χ4v) is 4.30. The average Bonchev–Trinajstić information content (AvgIpc) is 3.16. The average molecular weight is 426 g/mol. The molecule has 30 heavy (non-hydrogen) atoms. The third-order valence-electron chi connectivity index (χ3n) is 4.92. The lowest BCUT2D eigenvalue weighted by molar-refractivity contribution is 0.0985. The van der Waals surface area contributed by atoms with Gasteiger partial charge in [-0.1, -0.05) is 42.9 Å². The summed E-state index contributed by atoms with van der Waals surface area (Å²) in [6.45, 7) is 6.39. The van der Waals surface area contributed by atoms with Gasteiger partial charge in [0.1, 0.15) is 5.75 Å². The molecular formula is C24H31N3O2S. The number of aryl methyl sites for hydroxylation is 1. The van der Waals surface area contributed by atoms with Crippen LogP contribution < -0.4 is 9.64 Å². The van der Waals surface area contributed by atoms with Crippen molar-refractivity contribution in [2.45, 2.75) is 33.1 Å². The van der Waals surface area contributed by atoms with Gasteiger partial charge in [0, 0.05) is 12.1 Å². The normalized spacial score (nSPS) is 11.2. The van der Waals surface area contributed by atoms with Gasteiger partial charge in [0.15, 0.2) is 5.13 Å². The van der Waals surface area contributed by atoms with Crippen LogP contribution in [0.15, 0.2) is 42.5 Å². The van der Waals surface area contributed by atoms with E-state index in [4.69, 9.17) is 9.72 Å². The van der Waals surface area contributed by atoms with E-state index in [1.54, 1.807) is 11.3 Å². The molecule has 0 aliphatic carbocycles. The molecule has 6 heteroatoms. The molecule has 0 aliphatic rings. The van der Waals surface area contributed by atoms with Crippen LogP contribution >= 0.6 is 11.3 Å². The van der Waals surface area contributed by atoms with E-state index in [9.17, 15) is 4.79 Å². The number of thiazole rings is 1. The molecule has 0 saturated heterocycles. The molecule has 0 saturated carbocycles. The van der Waals surface area contributed by atoms with Crippen LogP contribution in [0.3, 0.4) is 0 Å². The summed E-state index contributed by atoms with van der Waals surface area (Å²) in [4.78, 5) is 22.3. The molecule has 0 fully saturated rings. The number of rotatable bonds is 10. The fraction of sp³-hybridized carbons (Fsp3) is 0.417. The van der Waals surface area contributed by atoms with Gasteiger partial charge in [0.05, 0.1) is 16.8 Å². The molecule has 3 rings (SSSR count). The zero-order valence-electron chi connectivity index (χ0n) is 18.4. The Labute approximate surface area is 183 Å². The van der Waals surface area contributed by atoms with Crippen molar-refractivity contribution < 1.29 is 9.53 Å². The number of nitrogens with zero attached hydrogens (tertiary/aromatic N) is 3. The number of para-hydroxylation sites is 1. The van der Waals surface area contributed by atoms with Crippen molar-refractivity contribution in [1.29, 1.82) is 0 Å². The number of hydrogen-bond acceptors (Lipinski definition) is 5. The van der Waals surface area contributed by atoms with Gasteiger partial charge in [-0.3, -0.25) is 9.69 Å². The molecule has 1 heterocycles. The van der Waals surface area contributed by atoms with E-state index in [1.165, 1.54) is 0 Å². The van der Waals surface area contributed by atoms with Crippen molar-refractivity contribution in [3.05, 3.63) is 53.6 Å². The van der Waals surface area contributed by atoms with Crippen molar-refractivity contribution in [3.8, 4) is 5.75 Å². The number of fused-ring (bicyclic) bond motifs is 1. The predicted molar refractivity (Wildman–Crippen MR) is 126 cm³/mol. The summed E-state index contributed by atoms with van der Waals surface area (Å²) in [5.74, 6) is 0.703. The van der Waals surface area contributed by atoms with Gasteiger partial charge in [0.25, 0.3) is 5.91 Å². The van der Waals surface area contributed by atoms with Gasteiger partial charge in [-0.05, 0) is 70.2 Å². The first-order valence-electron chi connectivity index (χ1n) is 10.5. The highest BCUT2D eigenvalue weighted by Gasteiger charge is 2.22. The van der Waals surface area contributed by atoms with E-state index >= 15 is 0 Å². The maximum Gasteiger partial charge on any atom is 0.260 e. The topological polar surface area (TPSA) is 45.7 Å². The van der Waals surface area contributed by atoms with E-state index < -0.39 is 0 Å². The van der Waals surface area contributed by atoms with Gasteiger partial charge < -0.3 is 9.64 Å². The molecule has 0 unspecified atom stereocenters. The van der Waals surface area contributed by atoms with Crippen molar-refractivity contribution in [3.63, 3.8) is 0 Å². The SMILES string of the molecule is CCCCOc1cccc(C(=O)N(CCCN(C)C)c2nc3c(C)cccc3s2)c1. The van der Waals surface area contributed by atoms with Gasteiger partial charge >= 0.3 is 0 Å². The van der Waals surface area contributed by atoms with Crippen LogP contribution in [0.2, 0.25) is 0 Å². The maximum atomic E-state index is 13.5. The first-order chi connectivity index (χ1) is 14.5. The number of hydrogen-bond donors (Lipinski definition) is 0. The highest BCUT2D eigenvalue weighted by atomic mass is 32.1. The van der Waals surface area contributed by atoms with Crippen LogP contribution in [0.25, 0.3) is 10.2 Å². The van der Waals surface area contributed by atoms with Crippen LogP contribution in [-0.2, 0) is 0 Å². The van der Waals surface area contributed by atoms with Crippen molar-refractivity contribution in [2.75, 3.05) is 38.7 Å². The summed E-state index contributed by atoms with van der Waals surface area (Å²) < 4.78 is 6.91. The smallest absolute Gasteiger partial charge is 0.260 e. The van der Waals surface area contributed by atoms with Crippen LogP contribution in [0.4, 0.5) is 5.13 Å². The van der Waals surface area contributed by atoms with Gasteiger partial charge in [-0.25, -0.2) is 4.98 Å². The summed E-state index contributed by atoms with van der Waals surface area (Å²) in [6, 6.07) is 13.6. The molecule has 2 aromatic carbocycles. The molecule has 1 aromatic heterocycles. The Balaban J connectivity index is 1.88. The van der Waals surface area contributed by atoms with Crippen molar-refractivity contribution in [1.82, 2.24) is 9.88 Å². The highest BCUT2D eigenvalue weighted by Crippen LogP contribution is 2.31. The Morgan fingerprint density at radius 3 is 2.63 bits per heavy atom. The fourth-order valence-electron chi connectivity index (χ4n) is 3.23. The zero-order chi connectivity index (χ0) is 21.5. The Morgan fingerprint density at radius 2 is 1.90 bits per heavy atom. The number of aromatic nitrogens is 1. The third kappa shape index (κ3) is 5.58. The van der Waals surface area contributed by atoms with Crippen LogP contribution in [0, 0.1) is 6.92 Å². The largest absolute Gasteiger partial charge is 0.494 e. The van der Waals surface area contributed by atoms with E-state index in [1.807, 2.05) is 49.3 Å². The standard InChI is InChI=1S/C24H31N3O2S/c1-5-6-16-29-20-12-8-11-19(17-20)23(28)27(15-9-14-26(3)4)24-25-22-18(2)10-7-13-21(22)30-24/h7-8,10-13,17H,5-6,9,14-16H2,1-4H3. The number of anilines is 1. The Hall–Kier alpha value is -2.44.